The van der Waals surface area contributed by atoms with Gasteiger partial charge in [0, 0.05) is 4.88 Å². The Morgan fingerprint density at radius 2 is 1.85 bits per heavy atom. The van der Waals surface area contributed by atoms with E-state index in [1.807, 2.05) is 35.9 Å². The van der Waals surface area contributed by atoms with Gasteiger partial charge in [0.25, 0.3) is 10.0 Å². The van der Waals surface area contributed by atoms with E-state index in [2.05, 4.69) is 0 Å². The molecule has 0 aliphatic rings. The van der Waals surface area contributed by atoms with Gasteiger partial charge in [-0.25, -0.2) is 8.42 Å². The smallest absolute Gasteiger partial charge is 0.318 e. The molecular formula is C13H13NO4S2. The van der Waals surface area contributed by atoms with Crippen molar-refractivity contribution >= 4 is 27.3 Å². The normalized spacial score (nSPS) is 11.4. The lowest BCUT2D eigenvalue weighted by Gasteiger charge is -2.01. The maximum absolute atomic E-state index is 11.9. The van der Waals surface area contributed by atoms with Crippen molar-refractivity contribution in [1.29, 1.82) is 0 Å². The van der Waals surface area contributed by atoms with Crippen molar-refractivity contribution in [2.24, 2.45) is 0 Å². The van der Waals surface area contributed by atoms with Crippen LogP contribution < -0.4 is 4.72 Å². The number of carboxylic acids is 1. The van der Waals surface area contributed by atoms with Crippen molar-refractivity contribution < 1.29 is 18.3 Å². The van der Waals surface area contributed by atoms with Gasteiger partial charge in [0.1, 0.15) is 10.8 Å². The zero-order chi connectivity index (χ0) is 14.8. The molecule has 5 nitrogen and oxygen atoms in total. The van der Waals surface area contributed by atoms with Crippen LogP contribution in [0.4, 0.5) is 0 Å². The van der Waals surface area contributed by atoms with Gasteiger partial charge in [0.2, 0.25) is 0 Å². The molecule has 1 heterocycles. The van der Waals surface area contributed by atoms with E-state index in [-0.39, 0.29) is 4.21 Å². The molecular weight excluding hydrogens is 298 g/mol. The standard InChI is InChI=1S/C13H13NO4S2/c1-9-2-4-10(5-3-9)11-6-7-13(19-11)20(17,18)14-8-12(15)16/h2-7,14H,8H2,1H3,(H,15,16). The molecule has 0 radical (unpaired) electrons. The predicted molar refractivity (Wildman–Crippen MR) is 77.3 cm³/mol. The Balaban J connectivity index is 2.24. The minimum Gasteiger partial charge on any atom is -0.480 e. The highest BCUT2D eigenvalue weighted by molar-refractivity contribution is 7.91. The molecule has 1 aromatic carbocycles. The third-order valence-electron chi connectivity index (χ3n) is 2.60. The third-order valence-corrected chi connectivity index (χ3v) is 5.62. The van der Waals surface area contributed by atoms with Crippen LogP contribution in [0, 0.1) is 6.92 Å². The quantitative estimate of drug-likeness (QED) is 0.885. The number of benzene rings is 1. The molecule has 0 saturated carbocycles. The molecule has 0 aliphatic heterocycles. The molecule has 1 aromatic heterocycles. The summed E-state index contributed by atoms with van der Waals surface area (Å²) < 4.78 is 25.9. The van der Waals surface area contributed by atoms with Gasteiger partial charge in [0.15, 0.2) is 0 Å². The zero-order valence-electron chi connectivity index (χ0n) is 10.7. The van der Waals surface area contributed by atoms with Gasteiger partial charge in [-0.2, -0.15) is 4.72 Å². The summed E-state index contributed by atoms with van der Waals surface area (Å²) in [5.41, 5.74) is 2.06. The molecule has 106 valence electrons. The molecule has 0 aliphatic carbocycles. The van der Waals surface area contributed by atoms with Gasteiger partial charge < -0.3 is 5.11 Å². The van der Waals surface area contributed by atoms with Gasteiger partial charge in [-0.1, -0.05) is 29.8 Å². The number of carboxylic acid groups (broad SMARTS) is 1. The Hall–Kier alpha value is -1.70. The molecule has 7 heteroatoms. The van der Waals surface area contributed by atoms with Crippen LogP contribution in [-0.2, 0) is 14.8 Å². The van der Waals surface area contributed by atoms with Gasteiger partial charge in [-0.05, 0) is 24.6 Å². The fourth-order valence-corrected chi connectivity index (χ4v) is 3.90. The molecule has 0 unspecified atom stereocenters. The molecule has 2 rings (SSSR count). The maximum atomic E-state index is 11.9. The second-order valence-electron chi connectivity index (χ2n) is 4.20. The van der Waals surface area contributed by atoms with Crippen molar-refractivity contribution in [3.05, 3.63) is 42.0 Å². The van der Waals surface area contributed by atoms with Gasteiger partial charge in [0.05, 0.1) is 0 Å². The summed E-state index contributed by atoms with van der Waals surface area (Å²) in [4.78, 5) is 11.2. The molecule has 0 amide bonds. The van der Waals surface area contributed by atoms with E-state index in [0.29, 0.717) is 0 Å². The Bertz CT molecular complexity index is 717. The van der Waals surface area contributed by atoms with Gasteiger partial charge >= 0.3 is 5.97 Å². The van der Waals surface area contributed by atoms with E-state index in [1.54, 1.807) is 6.07 Å². The number of hydrogen-bond donors (Lipinski definition) is 2. The van der Waals surface area contributed by atoms with Crippen LogP contribution in [0.15, 0.2) is 40.6 Å². The van der Waals surface area contributed by atoms with Crippen LogP contribution in [0.2, 0.25) is 0 Å². The van der Waals surface area contributed by atoms with E-state index < -0.39 is 22.5 Å². The number of aryl methyl sites for hydroxylation is 1. The number of aliphatic carboxylic acids is 1. The second-order valence-corrected chi connectivity index (χ2v) is 7.28. The summed E-state index contributed by atoms with van der Waals surface area (Å²) in [6, 6.07) is 10.9. The Kier molecular flexibility index (Phi) is 4.22. The Labute approximate surface area is 120 Å². The molecule has 0 bridgehead atoms. The predicted octanol–water partition coefficient (Wildman–Crippen LogP) is 2.09. The first kappa shape index (κ1) is 14.7. The summed E-state index contributed by atoms with van der Waals surface area (Å²) in [5.74, 6) is -1.22. The first-order chi connectivity index (χ1) is 9.38. The lowest BCUT2D eigenvalue weighted by atomic mass is 10.1. The van der Waals surface area contributed by atoms with E-state index in [0.717, 1.165) is 27.3 Å². The summed E-state index contributed by atoms with van der Waals surface area (Å²) in [7, 11) is -3.76. The van der Waals surface area contributed by atoms with E-state index in [9.17, 15) is 13.2 Å². The van der Waals surface area contributed by atoms with Crippen LogP contribution in [0.1, 0.15) is 5.56 Å². The molecule has 2 aromatic rings. The summed E-state index contributed by atoms with van der Waals surface area (Å²) in [5, 5.41) is 8.51. The highest BCUT2D eigenvalue weighted by Gasteiger charge is 2.18. The fourth-order valence-electron chi connectivity index (χ4n) is 1.57. The topological polar surface area (TPSA) is 83.5 Å². The van der Waals surface area contributed by atoms with E-state index in [1.165, 1.54) is 6.07 Å². The minimum atomic E-state index is -3.76. The fraction of sp³-hybridized carbons (Fsp3) is 0.154. The summed E-state index contributed by atoms with van der Waals surface area (Å²) in [6.45, 7) is 1.35. The number of nitrogens with one attached hydrogen (secondary N) is 1. The highest BCUT2D eigenvalue weighted by atomic mass is 32.2. The maximum Gasteiger partial charge on any atom is 0.318 e. The summed E-state index contributed by atoms with van der Waals surface area (Å²) in [6.07, 6.45) is 0. The number of carbonyl (C=O) groups is 1. The molecule has 0 spiro atoms. The average molecular weight is 311 g/mol. The van der Waals surface area contributed by atoms with Crippen molar-refractivity contribution in [2.45, 2.75) is 11.1 Å². The van der Waals surface area contributed by atoms with Crippen molar-refractivity contribution in [2.75, 3.05) is 6.54 Å². The monoisotopic (exact) mass is 311 g/mol. The van der Waals surface area contributed by atoms with Crippen LogP contribution in [0.25, 0.3) is 10.4 Å². The van der Waals surface area contributed by atoms with Crippen LogP contribution in [-0.4, -0.2) is 26.0 Å². The number of rotatable bonds is 5. The lowest BCUT2D eigenvalue weighted by molar-refractivity contribution is -0.135. The first-order valence-electron chi connectivity index (χ1n) is 5.77. The van der Waals surface area contributed by atoms with Crippen LogP contribution in [0.5, 0.6) is 0 Å². The number of sulfonamides is 1. The molecule has 0 atom stereocenters. The number of thiophene rings is 1. The van der Waals surface area contributed by atoms with E-state index in [4.69, 9.17) is 5.11 Å². The SMILES string of the molecule is Cc1ccc(-c2ccc(S(=O)(=O)NCC(=O)O)s2)cc1. The van der Waals surface area contributed by atoms with Gasteiger partial charge in [-0.15, -0.1) is 11.3 Å². The molecule has 20 heavy (non-hydrogen) atoms. The molecule has 0 saturated heterocycles. The van der Waals surface area contributed by atoms with Crippen LogP contribution >= 0.6 is 11.3 Å². The Morgan fingerprint density at radius 1 is 1.20 bits per heavy atom. The molecule has 0 fully saturated rings. The van der Waals surface area contributed by atoms with Crippen molar-refractivity contribution in [3.63, 3.8) is 0 Å². The molecule has 2 N–H and O–H groups in total. The van der Waals surface area contributed by atoms with E-state index >= 15 is 0 Å². The average Bonchev–Trinajstić information content (AvgIpc) is 2.88. The van der Waals surface area contributed by atoms with Crippen LogP contribution in [0.3, 0.4) is 0 Å². The first-order valence-corrected chi connectivity index (χ1v) is 8.07. The zero-order valence-corrected chi connectivity index (χ0v) is 12.3. The van der Waals surface area contributed by atoms with Crippen molar-refractivity contribution in [3.8, 4) is 10.4 Å². The second kappa shape index (κ2) is 5.74. The lowest BCUT2D eigenvalue weighted by Crippen LogP contribution is -2.28. The minimum absolute atomic E-state index is 0.106. The summed E-state index contributed by atoms with van der Waals surface area (Å²) >= 11 is 1.11. The Morgan fingerprint density at radius 3 is 2.45 bits per heavy atom. The number of hydrogen-bond acceptors (Lipinski definition) is 4. The largest absolute Gasteiger partial charge is 0.480 e. The van der Waals surface area contributed by atoms with Gasteiger partial charge in [-0.3, -0.25) is 4.79 Å². The van der Waals surface area contributed by atoms with Crippen molar-refractivity contribution in [1.82, 2.24) is 4.72 Å². The highest BCUT2D eigenvalue weighted by Crippen LogP contribution is 2.30. The third kappa shape index (κ3) is 3.44.